The molecule has 1 aliphatic rings. The second-order valence-electron chi connectivity index (χ2n) is 5.06. The molecule has 3 nitrogen and oxygen atoms in total. The molecular weight excluding hydrogens is 276 g/mol. The Morgan fingerprint density at radius 3 is 2.37 bits per heavy atom. The van der Waals surface area contributed by atoms with E-state index in [4.69, 9.17) is 0 Å². The molecule has 0 aliphatic carbocycles. The molecule has 108 valence electrons. The molecule has 0 spiro atoms. The van der Waals surface area contributed by atoms with E-state index in [1.54, 1.807) is 0 Å². The first-order valence-electron chi connectivity index (χ1n) is 6.25. The summed E-state index contributed by atoms with van der Waals surface area (Å²) in [5.41, 5.74) is 1.16. The van der Waals surface area contributed by atoms with E-state index < -0.39 is 0 Å². The third kappa shape index (κ3) is 5.09. The molecule has 1 aromatic carbocycles. The van der Waals surface area contributed by atoms with Crippen molar-refractivity contribution in [2.24, 2.45) is 5.92 Å². The van der Waals surface area contributed by atoms with Gasteiger partial charge in [0.25, 0.3) is 0 Å². The number of hydrogen-bond acceptors (Lipinski definition) is 2. The number of nitrogens with one attached hydrogen (secondary N) is 2. The largest absolute Gasteiger partial charge is 0.347 e. The molecule has 0 unspecified atom stereocenters. The van der Waals surface area contributed by atoms with Crippen LogP contribution in [0.25, 0.3) is 0 Å². The van der Waals surface area contributed by atoms with Crippen molar-refractivity contribution in [1.82, 2.24) is 10.6 Å². The van der Waals surface area contributed by atoms with Gasteiger partial charge in [0.1, 0.15) is 0 Å². The summed E-state index contributed by atoms with van der Waals surface area (Å²) in [5, 5.41) is 6.42. The first-order valence-corrected chi connectivity index (χ1v) is 6.25. The number of hydrogen-bond donors (Lipinski definition) is 2. The Labute approximate surface area is 129 Å². The second-order valence-corrected chi connectivity index (χ2v) is 5.06. The molecule has 5 heteroatoms. The summed E-state index contributed by atoms with van der Waals surface area (Å²) < 4.78 is 0. The third-order valence-electron chi connectivity index (χ3n) is 3.11. The zero-order valence-corrected chi connectivity index (χ0v) is 13.4. The zero-order chi connectivity index (χ0) is 12.3. The van der Waals surface area contributed by atoms with Gasteiger partial charge < -0.3 is 10.6 Å². The predicted octanol–water partition coefficient (Wildman–Crippen LogP) is 2.09. The Bertz CT molecular complexity index is 384. The Morgan fingerprint density at radius 1 is 1.21 bits per heavy atom. The van der Waals surface area contributed by atoms with Crippen LogP contribution in [0.5, 0.6) is 0 Å². The van der Waals surface area contributed by atoms with E-state index >= 15 is 0 Å². The first kappa shape index (κ1) is 18.4. The highest BCUT2D eigenvalue weighted by molar-refractivity contribution is 7.59. The molecule has 1 fully saturated rings. The molecule has 0 aromatic heterocycles. The highest BCUT2D eigenvalue weighted by Crippen LogP contribution is 2.17. The first-order chi connectivity index (χ1) is 8.16. The molecule has 1 aliphatic heterocycles. The molecule has 1 amide bonds. The lowest BCUT2D eigenvalue weighted by Gasteiger charge is -2.31. The van der Waals surface area contributed by atoms with Crippen LogP contribution in [-0.2, 0) is 4.79 Å². The van der Waals surface area contributed by atoms with Crippen LogP contribution >= 0.6 is 27.0 Å². The number of rotatable bonds is 3. The maximum absolute atomic E-state index is 11.9. The van der Waals surface area contributed by atoms with Crippen LogP contribution in [0.15, 0.2) is 30.3 Å². The molecular formula is C14H24N2OS2. The summed E-state index contributed by atoms with van der Waals surface area (Å²) in [6.07, 6.45) is 0.896. The van der Waals surface area contributed by atoms with Crippen LogP contribution in [0.2, 0.25) is 0 Å². The Hall–Kier alpha value is -0.650. The SMILES string of the molecule is CC(C)C[C@@H]1NC[C@H](c2ccccc2)NC1=O.S.S. The lowest BCUT2D eigenvalue weighted by molar-refractivity contribution is -0.125. The van der Waals surface area contributed by atoms with Crippen molar-refractivity contribution in [1.29, 1.82) is 0 Å². The molecule has 1 aromatic rings. The van der Waals surface area contributed by atoms with E-state index in [-0.39, 0.29) is 45.0 Å². The van der Waals surface area contributed by atoms with Crippen LogP contribution in [0.3, 0.4) is 0 Å². The quantitative estimate of drug-likeness (QED) is 0.897. The molecule has 0 radical (unpaired) electrons. The van der Waals surface area contributed by atoms with Gasteiger partial charge in [-0.3, -0.25) is 4.79 Å². The van der Waals surface area contributed by atoms with Crippen LogP contribution in [0, 0.1) is 5.92 Å². The van der Waals surface area contributed by atoms with Gasteiger partial charge in [0, 0.05) is 6.54 Å². The third-order valence-corrected chi connectivity index (χ3v) is 3.11. The molecule has 1 heterocycles. The Balaban J connectivity index is 0.00000162. The minimum atomic E-state index is -0.0324. The van der Waals surface area contributed by atoms with Crippen LogP contribution in [0.1, 0.15) is 31.9 Å². The molecule has 0 saturated carbocycles. The van der Waals surface area contributed by atoms with Crippen molar-refractivity contribution in [3.63, 3.8) is 0 Å². The summed E-state index contributed by atoms with van der Waals surface area (Å²) in [6, 6.07) is 10.2. The van der Waals surface area contributed by atoms with Crippen molar-refractivity contribution in [2.75, 3.05) is 6.54 Å². The van der Waals surface area contributed by atoms with Gasteiger partial charge in [-0.15, -0.1) is 0 Å². The highest BCUT2D eigenvalue weighted by Gasteiger charge is 2.28. The summed E-state index contributed by atoms with van der Waals surface area (Å²) in [6.45, 7) is 5.09. The smallest absolute Gasteiger partial charge is 0.237 e. The average Bonchev–Trinajstić information content (AvgIpc) is 2.32. The minimum absolute atomic E-state index is 0. The number of piperazine rings is 1. The van der Waals surface area contributed by atoms with E-state index in [2.05, 4.69) is 36.6 Å². The van der Waals surface area contributed by atoms with E-state index in [1.807, 2.05) is 18.2 Å². The molecule has 1 saturated heterocycles. The maximum Gasteiger partial charge on any atom is 0.237 e. The van der Waals surface area contributed by atoms with Crippen molar-refractivity contribution in [3.8, 4) is 0 Å². The van der Waals surface area contributed by atoms with Crippen LogP contribution in [0.4, 0.5) is 0 Å². The van der Waals surface area contributed by atoms with E-state index in [0.717, 1.165) is 18.5 Å². The highest BCUT2D eigenvalue weighted by atomic mass is 32.1. The van der Waals surface area contributed by atoms with Gasteiger partial charge in [-0.1, -0.05) is 44.2 Å². The fraction of sp³-hybridized carbons (Fsp3) is 0.500. The molecule has 2 atom stereocenters. The summed E-state index contributed by atoms with van der Waals surface area (Å²) >= 11 is 0. The molecule has 2 N–H and O–H groups in total. The molecule has 0 bridgehead atoms. The summed E-state index contributed by atoms with van der Waals surface area (Å²) in [7, 11) is 0. The van der Waals surface area contributed by atoms with E-state index in [0.29, 0.717) is 5.92 Å². The van der Waals surface area contributed by atoms with Crippen LogP contribution in [-0.4, -0.2) is 18.5 Å². The van der Waals surface area contributed by atoms with Gasteiger partial charge in [-0.05, 0) is 17.9 Å². The Kier molecular flexibility index (Phi) is 8.22. The van der Waals surface area contributed by atoms with Gasteiger partial charge in [0.05, 0.1) is 12.1 Å². The van der Waals surface area contributed by atoms with Crippen molar-refractivity contribution in [3.05, 3.63) is 35.9 Å². The number of benzene rings is 1. The second kappa shape index (κ2) is 8.51. The van der Waals surface area contributed by atoms with Gasteiger partial charge >= 0.3 is 0 Å². The Morgan fingerprint density at radius 2 is 1.84 bits per heavy atom. The van der Waals surface area contributed by atoms with Gasteiger partial charge in [0.2, 0.25) is 5.91 Å². The molecule has 2 rings (SSSR count). The number of carbonyl (C=O) groups excluding carboxylic acids is 1. The van der Waals surface area contributed by atoms with E-state index in [9.17, 15) is 4.79 Å². The topological polar surface area (TPSA) is 41.1 Å². The van der Waals surface area contributed by atoms with Gasteiger partial charge in [-0.25, -0.2) is 0 Å². The monoisotopic (exact) mass is 300 g/mol. The number of amides is 1. The van der Waals surface area contributed by atoms with Gasteiger partial charge in [0.15, 0.2) is 0 Å². The van der Waals surface area contributed by atoms with Gasteiger partial charge in [-0.2, -0.15) is 27.0 Å². The van der Waals surface area contributed by atoms with Crippen molar-refractivity contribution < 1.29 is 4.79 Å². The minimum Gasteiger partial charge on any atom is -0.347 e. The molecule has 19 heavy (non-hydrogen) atoms. The summed E-state index contributed by atoms with van der Waals surface area (Å²) in [4.78, 5) is 11.9. The maximum atomic E-state index is 11.9. The fourth-order valence-electron chi connectivity index (χ4n) is 2.22. The van der Waals surface area contributed by atoms with Crippen LogP contribution < -0.4 is 10.6 Å². The fourth-order valence-corrected chi connectivity index (χ4v) is 2.22. The lowest BCUT2D eigenvalue weighted by atomic mass is 9.98. The lowest BCUT2D eigenvalue weighted by Crippen LogP contribution is -2.54. The zero-order valence-electron chi connectivity index (χ0n) is 11.4. The normalized spacial score (nSPS) is 22.2. The predicted molar refractivity (Wildman–Crippen MR) is 89.3 cm³/mol. The average molecular weight is 300 g/mol. The van der Waals surface area contributed by atoms with Crippen molar-refractivity contribution >= 4 is 32.9 Å². The summed E-state index contributed by atoms with van der Waals surface area (Å²) in [5.74, 6) is 0.658. The van der Waals surface area contributed by atoms with E-state index in [1.165, 1.54) is 0 Å². The number of carbonyl (C=O) groups is 1. The van der Waals surface area contributed by atoms with Crippen molar-refractivity contribution in [2.45, 2.75) is 32.4 Å². The standard InChI is InChI=1S/C14H20N2O.2H2S/c1-10(2)8-12-14(17)16-13(9-15-12)11-6-4-3-5-7-11;;/h3-7,10,12-13,15H,8-9H2,1-2H3,(H,16,17);2*1H2/t12-,13+;;/m0../s1.